The topological polar surface area (TPSA) is 75.6 Å². The van der Waals surface area contributed by atoms with Crippen molar-refractivity contribution in [2.45, 2.75) is 19.4 Å². The van der Waals surface area contributed by atoms with E-state index in [4.69, 9.17) is 9.84 Å². The lowest BCUT2D eigenvalue weighted by Crippen LogP contribution is -2.46. The lowest BCUT2D eigenvalue weighted by atomic mass is 10.0. The Morgan fingerprint density at radius 1 is 1.43 bits per heavy atom. The van der Waals surface area contributed by atoms with Crippen LogP contribution in [0.1, 0.15) is 29.8 Å². The molecule has 0 bridgehead atoms. The first-order valence-electron chi connectivity index (χ1n) is 6.27. The van der Waals surface area contributed by atoms with Gasteiger partial charge < -0.3 is 15.2 Å². The molecule has 1 amide bonds. The predicted octanol–water partition coefficient (Wildman–Crippen LogP) is 2.08. The van der Waals surface area contributed by atoms with E-state index >= 15 is 0 Å². The van der Waals surface area contributed by atoms with Crippen LogP contribution in [-0.4, -0.2) is 36.2 Å². The van der Waals surface area contributed by atoms with Crippen LogP contribution < -0.4 is 5.32 Å². The number of benzene rings is 1. The van der Waals surface area contributed by atoms with Gasteiger partial charge in [0.2, 0.25) is 0 Å². The maximum absolute atomic E-state index is 13.8. The quantitative estimate of drug-likeness (QED) is 0.788. The van der Waals surface area contributed by atoms with Gasteiger partial charge in [-0.05, 0) is 32.1 Å². The number of hydrogen-bond donors (Lipinski definition) is 2. The fourth-order valence-electron chi connectivity index (χ4n) is 1.74. The molecule has 2 N–H and O–H groups in total. The molecule has 0 heterocycles. The van der Waals surface area contributed by atoms with Gasteiger partial charge in [-0.1, -0.05) is 6.07 Å². The summed E-state index contributed by atoms with van der Waals surface area (Å²) in [7, 11) is 1.52. The summed E-state index contributed by atoms with van der Waals surface area (Å²) in [4.78, 5) is 22.4. The molecule has 0 radical (unpaired) electrons. The zero-order valence-corrected chi connectivity index (χ0v) is 12.1. The van der Waals surface area contributed by atoms with E-state index in [1.807, 2.05) is 0 Å². The van der Waals surface area contributed by atoms with Crippen LogP contribution in [0.15, 0.2) is 24.3 Å². The van der Waals surface area contributed by atoms with E-state index in [2.05, 4.69) is 5.32 Å². The highest BCUT2D eigenvalue weighted by Crippen LogP contribution is 2.13. The number of carbonyl (C=O) groups excluding carboxylic acids is 1. The molecule has 5 nitrogen and oxygen atoms in total. The second kappa shape index (κ2) is 6.99. The Morgan fingerprint density at radius 3 is 2.62 bits per heavy atom. The molecule has 0 spiro atoms. The molecule has 0 aliphatic heterocycles. The van der Waals surface area contributed by atoms with Gasteiger partial charge >= 0.3 is 5.97 Å². The summed E-state index contributed by atoms with van der Waals surface area (Å²) >= 11 is 0. The molecule has 0 saturated heterocycles. The van der Waals surface area contributed by atoms with Crippen molar-refractivity contribution < 1.29 is 23.8 Å². The van der Waals surface area contributed by atoms with Gasteiger partial charge in [0, 0.05) is 24.3 Å². The fraction of sp³-hybridized carbons (Fsp3) is 0.333. The van der Waals surface area contributed by atoms with Gasteiger partial charge in [-0.2, -0.15) is 0 Å². The Balaban J connectivity index is 2.88. The molecule has 6 heteroatoms. The summed E-state index contributed by atoms with van der Waals surface area (Å²) < 4.78 is 18.8. The molecule has 114 valence electrons. The van der Waals surface area contributed by atoms with Crippen molar-refractivity contribution in [3.63, 3.8) is 0 Å². The van der Waals surface area contributed by atoms with Gasteiger partial charge in [0.05, 0.1) is 12.1 Å². The lowest BCUT2D eigenvalue weighted by molar-refractivity contribution is -0.131. The molecule has 0 unspecified atom stereocenters. The first-order chi connectivity index (χ1) is 9.75. The van der Waals surface area contributed by atoms with Crippen LogP contribution in [-0.2, 0) is 9.53 Å². The number of ether oxygens (including phenoxy) is 1. The highest BCUT2D eigenvalue weighted by atomic mass is 19.1. The molecule has 1 rings (SSSR count). The number of halogens is 1. The van der Waals surface area contributed by atoms with Crippen molar-refractivity contribution in [2.24, 2.45) is 0 Å². The van der Waals surface area contributed by atoms with Crippen LogP contribution in [0.5, 0.6) is 0 Å². The van der Waals surface area contributed by atoms with Crippen molar-refractivity contribution in [3.05, 3.63) is 41.2 Å². The van der Waals surface area contributed by atoms with Crippen LogP contribution in [0.25, 0.3) is 6.08 Å². The van der Waals surface area contributed by atoms with Crippen LogP contribution in [0, 0.1) is 5.82 Å². The van der Waals surface area contributed by atoms with Crippen LogP contribution in [0.4, 0.5) is 4.39 Å². The monoisotopic (exact) mass is 295 g/mol. The van der Waals surface area contributed by atoms with E-state index in [0.29, 0.717) is 6.61 Å². The Bertz CT molecular complexity index is 567. The molecule has 0 atom stereocenters. The number of carboxylic acid groups (broad SMARTS) is 1. The average molecular weight is 295 g/mol. The minimum atomic E-state index is -1.17. The standard InChI is InChI=1S/C15H18FNO4/c1-15(2,9-21-3)17-14(20)11-5-4-10(12(16)8-11)6-7-13(18)19/h4-8H,9H2,1-3H3,(H,17,20)(H,18,19)/b7-6+. The zero-order valence-electron chi connectivity index (χ0n) is 12.1. The summed E-state index contributed by atoms with van der Waals surface area (Å²) in [5.74, 6) is -2.26. The fourth-order valence-corrected chi connectivity index (χ4v) is 1.74. The second-order valence-electron chi connectivity index (χ2n) is 5.18. The van der Waals surface area contributed by atoms with Crippen molar-refractivity contribution in [1.29, 1.82) is 0 Å². The van der Waals surface area contributed by atoms with Gasteiger partial charge in [0.1, 0.15) is 5.82 Å². The van der Waals surface area contributed by atoms with Crippen molar-refractivity contribution in [1.82, 2.24) is 5.32 Å². The maximum Gasteiger partial charge on any atom is 0.328 e. The molecule has 0 aliphatic rings. The van der Waals surface area contributed by atoms with E-state index in [9.17, 15) is 14.0 Å². The first-order valence-corrected chi connectivity index (χ1v) is 6.27. The molecular weight excluding hydrogens is 277 g/mol. The van der Waals surface area contributed by atoms with Crippen LogP contribution >= 0.6 is 0 Å². The third-order valence-electron chi connectivity index (χ3n) is 2.63. The van der Waals surface area contributed by atoms with E-state index in [1.165, 1.54) is 19.2 Å². The van der Waals surface area contributed by atoms with E-state index in [0.717, 1.165) is 18.2 Å². The number of amides is 1. The molecular formula is C15H18FNO4. The molecule has 0 aromatic heterocycles. The number of methoxy groups -OCH3 is 1. The SMILES string of the molecule is COCC(C)(C)NC(=O)c1ccc(/C=C/C(=O)O)c(F)c1. The number of carbonyl (C=O) groups is 2. The molecule has 21 heavy (non-hydrogen) atoms. The zero-order chi connectivity index (χ0) is 16.0. The molecule has 0 saturated carbocycles. The molecule has 0 fully saturated rings. The number of carboxylic acids is 1. The summed E-state index contributed by atoms with van der Waals surface area (Å²) in [6.45, 7) is 3.89. The molecule has 0 aliphatic carbocycles. The Morgan fingerprint density at radius 2 is 2.10 bits per heavy atom. The molecule has 1 aromatic rings. The Hall–Kier alpha value is -2.21. The minimum Gasteiger partial charge on any atom is -0.478 e. The molecule has 1 aromatic carbocycles. The highest BCUT2D eigenvalue weighted by Gasteiger charge is 2.21. The smallest absolute Gasteiger partial charge is 0.328 e. The Labute approximate surface area is 122 Å². The summed E-state index contributed by atoms with van der Waals surface area (Å²) in [6.07, 6.45) is 1.97. The van der Waals surface area contributed by atoms with Gasteiger partial charge in [-0.25, -0.2) is 9.18 Å². The normalized spacial score (nSPS) is 11.6. The number of aliphatic carboxylic acids is 1. The second-order valence-corrected chi connectivity index (χ2v) is 5.18. The third kappa shape index (κ3) is 5.35. The van der Waals surface area contributed by atoms with Gasteiger partial charge in [-0.15, -0.1) is 0 Å². The minimum absolute atomic E-state index is 0.102. The predicted molar refractivity (Wildman–Crippen MR) is 76.5 cm³/mol. The summed E-state index contributed by atoms with van der Waals surface area (Å²) in [6, 6.07) is 3.86. The average Bonchev–Trinajstić information content (AvgIpc) is 2.36. The number of nitrogens with one attached hydrogen (secondary N) is 1. The first kappa shape index (κ1) is 16.8. The van der Waals surface area contributed by atoms with Crippen molar-refractivity contribution >= 4 is 18.0 Å². The summed E-state index contributed by atoms with van der Waals surface area (Å²) in [5, 5.41) is 11.2. The third-order valence-corrected chi connectivity index (χ3v) is 2.63. The van der Waals surface area contributed by atoms with Gasteiger partial charge in [0.15, 0.2) is 0 Å². The van der Waals surface area contributed by atoms with E-state index < -0.39 is 23.2 Å². The van der Waals surface area contributed by atoms with E-state index in [1.54, 1.807) is 13.8 Å². The maximum atomic E-state index is 13.8. The number of hydrogen-bond acceptors (Lipinski definition) is 3. The lowest BCUT2D eigenvalue weighted by Gasteiger charge is -2.25. The largest absolute Gasteiger partial charge is 0.478 e. The van der Waals surface area contributed by atoms with Gasteiger partial charge in [-0.3, -0.25) is 4.79 Å². The summed E-state index contributed by atoms with van der Waals surface area (Å²) in [5.41, 5.74) is -0.321. The van der Waals surface area contributed by atoms with Gasteiger partial charge in [0.25, 0.3) is 5.91 Å². The van der Waals surface area contributed by atoms with Crippen LogP contribution in [0.2, 0.25) is 0 Å². The Kier molecular flexibility index (Phi) is 5.60. The van der Waals surface area contributed by atoms with Crippen LogP contribution in [0.3, 0.4) is 0 Å². The van der Waals surface area contributed by atoms with E-state index in [-0.39, 0.29) is 11.1 Å². The number of rotatable bonds is 6. The van der Waals surface area contributed by atoms with Crippen molar-refractivity contribution in [3.8, 4) is 0 Å². The van der Waals surface area contributed by atoms with Crippen molar-refractivity contribution in [2.75, 3.05) is 13.7 Å². The highest BCUT2D eigenvalue weighted by molar-refractivity contribution is 5.95.